The predicted octanol–water partition coefficient (Wildman–Crippen LogP) is 3.31. The normalized spacial score (nSPS) is 9.08. The lowest BCUT2D eigenvalue weighted by atomic mass is 10.4. The third-order valence-electron chi connectivity index (χ3n) is 1.03. The highest BCUT2D eigenvalue weighted by Crippen LogP contribution is 2.17. The second kappa shape index (κ2) is 7.89. The number of alkyl halides is 1. The van der Waals surface area contributed by atoms with Gasteiger partial charge < -0.3 is 0 Å². The lowest BCUT2D eigenvalue weighted by Gasteiger charge is -2.06. The largest absolute Gasteiger partial charge is 0.253 e. The van der Waals surface area contributed by atoms with Crippen molar-refractivity contribution in [3.8, 4) is 0 Å². The van der Waals surface area contributed by atoms with Gasteiger partial charge in [0.1, 0.15) is 0 Å². The van der Waals surface area contributed by atoms with E-state index in [1.54, 1.807) is 11.9 Å². The van der Waals surface area contributed by atoms with Crippen LogP contribution in [0, 0.1) is 0 Å². The van der Waals surface area contributed by atoms with E-state index < -0.39 is 0 Å². The molecule has 0 N–H and O–H groups in total. The summed E-state index contributed by atoms with van der Waals surface area (Å²) >= 11 is 3.88. The molecule has 0 saturated carbocycles. The number of rotatable bonds is 2. The molecule has 0 aliphatic heterocycles. The number of benzene rings is 1. The smallest absolute Gasteiger partial charge is 0.0230 e. The van der Waals surface area contributed by atoms with Gasteiger partial charge in [-0.05, 0) is 43.1 Å². The maximum atomic E-state index is 2.15. The molecular formula is C9H14INS. The highest BCUT2D eigenvalue weighted by atomic mass is 127. The van der Waals surface area contributed by atoms with Gasteiger partial charge in [0, 0.05) is 4.90 Å². The minimum absolute atomic E-state index is 1.28. The quantitative estimate of drug-likeness (QED) is 0.468. The fourth-order valence-electron chi connectivity index (χ4n) is 0.692. The van der Waals surface area contributed by atoms with Crippen LogP contribution in [0.25, 0.3) is 0 Å². The predicted molar refractivity (Wildman–Crippen MR) is 65.9 cm³/mol. The molecule has 0 amide bonds. The molecule has 68 valence electrons. The fourth-order valence-corrected chi connectivity index (χ4v) is 1.39. The molecule has 12 heavy (non-hydrogen) atoms. The summed E-state index contributed by atoms with van der Waals surface area (Å²) in [4.78, 5) is 3.25. The number of hydrogen-bond donors (Lipinski definition) is 0. The summed E-state index contributed by atoms with van der Waals surface area (Å²) in [7, 11) is 4.08. The molecule has 0 fully saturated rings. The Hall–Kier alpha value is 0.260. The Bertz CT molecular complexity index is 189. The molecule has 0 atom stereocenters. The summed E-state index contributed by atoms with van der Waals surface area (Å²) in [6.45, 7) is 0. The van der Waals surface area contributed by atoms with Gasteiger partial charge in [-0.1, -0.05) is 40.8 Å². The molecule has 0 spiro atoms. The summed E-state index contributed by atoms with van der Waals surface area (Å²) in [6.07, 6.45) is 0. The molecule has 0 radical (unpaired) electrons. The van der Waals surface area contributed by atoms with E-state index in [-0.39, 0.29) is 0 Å². The molecule has 0 aliphatic rings. The molecule has 1 nitrogen and oxygen atoms in total. The summed E-state index contributed by atoms with van der Waals surface area (Å²) < 4.78 is 2.08. The van der Waals surface area contributed by atoms with Crippen molar-refractivity contribution in [2.45, 2.75) is 4.90 Å². The van der Waals surface area contributed by atoms with E-state index in [1.165, 1.54) is 4.90 Å². The summed E-state index contributed by atoms with van der Waals surface area (Å²) in [5.74, 6) is 0. The van der Waals surface area contributed by atoms with Crippen LogP contribution in [0.2, 0.25) is 0 Å². The van der Waals surface area contributed by atoms with Crippen molar-refractivity contribution in [3.63, 3.8) is 0 Å². The molecular weight excluding hydrogens is 281 g/mol. The third-order valence-corrected chi connectivity index (χ3v) is 1.88. The summed E-state index contributed by atoms with van der Waals surface area (Å²) in [6, 6.07) is 10.3. The molecule has 0 aliphatic carbocycles. The Kier molecular flexibility index (Phi) is 8.06. The van der Waals surface area contributed by atoms with Crippen molar-refractivity contribution in [2.75, 3.05) is 19.0 Å². The molecule has 0 saturated heterocycles. The van der Waals surface area contributed by atoms with Crippen LogP contribution in [0.5, 0.6) is 0 Å². The maximum absolute atomic E-state index is 2.15. The Morgan fingerprint density at radius 1 is 1.08 bits per heavy atom. The van der Waals surface area contributed by atoms with Crippen LogP contribution < -0.4 is 0 Å². The van der Waals surface area contributed by atoms with Gasteiger partial charge in [-0.15, -0.1) is 0 Å². The molecule has 1 rings (SSSR count). The zero-order valence-corrected chi connectivity index (χ0v) is 10.6. The molecule has 0 aromatic heterocycles. The molecule has 1 aromatic carbocycles. The molecule has 0 heterocycles. The Morgan fingerprint density at radius 2 is 1.58 bits per heavy atom. The van der Waals surface area contributed by atoms with Gasteiger partial charge in [0.25, 0.3) is 0 Å². The zero-order chi connectivity index (χ0) is 9.40. The van der Waals surface area contributed by atoms with Crippen molar-refractivity contribution < 1.29 is 0 Å². The topological polar surface area (TPSA) is 3.24 Å². The van der Waals surface area contributed by atoms with Crippen LogP contribution in [0.15, 0.2) is 35.2 Å². The Balaban J connectivity index is 0.000000561. The van der Waals surface area contributed by atoms with E-state index in [4.69, 9.17) is 0 Å². The van der Waals surface area contributed by atoms with Gasteiger partial charge in [0.2, 0.25) is 0 Å². The van der Waals surface area contributed by atoms with E-state index in [2.05, 4.69) is 39.0 Å². The van der Waals surface area contributed by atoms with E-state index in [0.29, 0.717) is 0 Å². The van der Waals surface area contributed by atoms with Gasteiger partial charge in [0.15, 0.2) is 0 Å². The van der Waals surface area contributed by atoms with Gasteiger partial charge in [-0.25, -0.2) is 0 Å². The van der Waals surface area contributed by atoms with E-state index >= 15 is 0 Å². The average Bonchev–Trinajstić information content (AvgIpc) is 2.08. The fraction of sp³-hybridized carbons (Fsp3) is 0.333. The first-order chi connectivity index (χ1) is 5.79. The Morgan fingerprint density at radius 3 is 2.00 bits per heavy atom. The lowest BCUT2D eigenvalue weighted by molar-refractivity contribution is 0.702. The van der Waals surface area contributed by atoms with Gasteiger partial charge in [-0.3, -0.25) is 4.31 Å². The molecule has 0 unspecified atom stereocenters. The first-order valence-electron chi connectivity index (χ1n) is 3.57. The number of hydrogen-bond acceptors (Lipinski definition) is 2. The maximum Gasteiger partial charge on any atom is 0.0230 e. The van der Waals surface area contributed by atoms with E-state index in [9.17, 15) is 0 Å². The third kappa shape index (κ3) is 5.85. The van der Waals surface area contributed by atoms with Crippen LogP contribution in [0.4, 0.5) is 0 Å². The van der Waals surface area contributed by atoms with Crippen molar-refractivity contribution in [1.29, 1.82) is 0 Å². The molecule has 3 heteroatoms. The van der Waals surface area contributed by atoms with E-state index in [1.807, 2.05) is 37.2 Å². The summed E-state index contributed by atoms with van der Waals surface area (Å²) in [5.41, 5.74) is 0. The minimum atomic E-state index is 1.28. The van der Waals surface area contributed by atoms with Crippen LogP contribution in [-0.4, -0.2) is 23.3 Å². The van der Waals surface area contributed by atoms with Crippen LogP contribution in [-0.2, 0) is 0 Å². The number of nitrogens with zero attached hydrogens (tertiary/aromatic N) is 1. The summed E-state index contributed by atoms with van der Waals surface area (Å²) in [5, 5.41) is 0. The number of halogens is 1. The monoisotopic (exact) mass is 295 g/mol. The highest BCUT2D eigenvalue weighted by Gasteiger charge is 1.91. The second-order valence-corrected chi connectivity index (χ2v) is 3.60. The Labute approximate surface area is 92.8 Å². The van der Waals surface area contributed by atoms with Crippen molar-refractivity contribution in [3.05, 3.63) is 30.3 Å². The molecule has 0 bridgehead atoms. The lowest BCUT2D eigenvalue weighted by Crippen LogP contribution is -1.97. The van der Waals surface area contributed by atoms with Crippen LogP contribution >= 0.6 is 34.5 Å². The average molecular weight is 295 g/mol. The van der Waals surface area contributed by atoms with Crippen molar-refractivity contribution in [1.82, 2.24) is 4.31 Å². The standard InChI is InChI=1S/C8H11NS.CH3I/c1-9(2)10-8-6-4-3-5-7-8;1-2/h3-7H,1-2H3;1H3. The van der Waals surface area contributed by atoms with Crippen molar-refractivity contribution in [2.24, 2.45) is 0 Å². The minimum Gasteiger partial charge on any atom is -0.253 e. The van der Waals surface area contributed by atoms with Crippen LogP contribution in [0.1, 0.15) is 0 Å². The first kappa shape index (κ1) is 12.3. The zero-order valence-electron chi connectivity index (χ0n) is 7.62. The van der Waals surface area contributed by atoms with E-state index in [0.717, 1.165) is 0 Å². The van der Waals surface area contributed by atoms with Gasteiger partial charge in [0.05, 0.1) is 0 Å². The van der Waals surface area contributed by atoms with Crippen LogP contribution in [0.3, 0.4) is 0 Å². The van der Waals surface area contributed by atoms with Crippen molar-refractivity contribution >= 4 is 34.5 Å². The van der Waals surface area contributed by atoms with Gasteiger partial charge >= 0.3 is 0 Å². The highest BCUT2D eigenvalue weighted by molar-refractivity contribution is 14.1. The molecule has 1 aromatic rings. The SMILES string of the molecule is CI.CN(C)Sc1ccccc1. The first-order valence-corrected chi connectivity index (χ1v) is 6.50. The second-order valence-electron chi connectivity index (χ2n) is 2.22. The van der Waals surface area contributed by atoms with Gasteiger partial charge in [-0.2, -0.15) is 0 Å².